The van der Waals surface area contributed by atoms with Crippen molar-refractivity contribution in [3.05, 3.63) is 29.8 Å². The van der Waals surface area contributed by atoms with Crippen LogP contribution in [-0.2, 0) is 10.8 Å². The summed E-state index contributed by atoms with van der Waals surface area (Å²) in [4.78, 5) is 0.345. The van der Waals surface area contributed by atoms with Gasteiger partial charge in [0.1, 0.15) is 0 Å². The highest BCUT2D eigenvalue weighted by Gasteiger charge is 2.08. The van der Waals surface area contributed by atoms with Crippen LogP contribution in [0.3, 0.4) is 0 Å². The second kappa shape index (κ2) is 7.59. The van der Waals surface area contributed by atoms with Gasteiger partial charge in [0.05, 0.1) is 10.8 Å². The van der Waals surface area contributed by atoms with E-state index in [-0.39, 0.29) is 0 Å². The number of rotatable bonds is 7. The topological polar surface area (TPSA) is 29.1 Å². The van der Waals surface area contributed by atoms with E-state index in [1.165, 1.54) is 6.07 Å². The molecule has 0 aliphatic rings. The van der Waals surface area contributed by atoms with Crippen molar-refractivity contribution in [2.24, 2.45) is 5.92 Å². The molecular formula is C13H19F2NOS. The third kappa shape index (κ3) is 5.23. The third-order valence-electron chi connectivity index (χ3n) is 2.39. The minimum Gasteiger partial charge on any atom is -0.316 e. The van der Waals surface area contributed by atoms with Crippen LogP contribution in [0.25, 0.3) is 0 Å². The molecule has 0 radical (unpaired) electrons. The van der Waals surface area contributed by atoms with Gasteiger partial charge in [-0.05, 0) is 43.6 Å². The molecule has 1 atom stereocenters. The van der Waals surface area contributed by atoms with Crippen LogP contribution in [-0.4, -0.2) is 23.1 Å². The maximum Gasteiger partial charge on any atom is 0.160 e. The first-order valence-corrected chi connectivity index (χ1v) is 7.36. The summed E-state index contributed by atoms with van der Waals surface area (Å²) in [6.45, 7) is 5.95. The van der Waals surface area contributed by atoms with Gasteiger partial charge < -0.3 is 5.32 Å². The molecule has 0 aromatic heterocycles. The van der Waals surface area contributed by atoms with Crippen molar-refractivity contribution < 1.29 is 13.0 Å². The zero-order valence-electron chi connectivity index (χ0n) is 10.7. The van der Waals surface area contributed by atoms with Crippen LogP contribution in [0, 0.1) is 17.6 Å². The number of hydrogen-bond donors (Lipinski definition) is 1. The third-order valence-corrected chi connectivity index (χ3v) is 3.83. The Labute approximate surface area is 109 Å². The molecule has 1 N–H and O–H groups in total. The largest absolute Gasteiger partial charge is 0.316 e. The van der Waals surface area contributed by atoms with Crippen molar-refractivity contribution in [1.82, 2.24) is 5.32 Å². The normalized spacial score (nSPS) is 12.9. The van der Waals surface area contributed by atoms with Gasteiger partial charge in [0.25, 0.3) is 0 Å². The zero-order chi connectivity index (χ0) is 13.5. The lowest BCUT2D eigenvalue weighted by atomic mass is 10.2. The van der Waals surface area contributed by atoms with Crippen LogP contribution >= 0.6 is 0 Å². The molecule has 1 unspecified atom stereocenters. The molecule has 0 saturated carbocycles. The number of hydrogen-bond acceptors (Lipinski definition) is 2. The van der Waals surface area contributed by atoms with E-state index in [4.69, 9.17) is 0 Å². The predicted octanol–water partition coefficient (Wildman–Crippen LogP) is 2.71. The van der Waals surface area contributed by atoms with Gasteiger partial charge in [-0.2, -0.15) is 0 Å². The first-order chi connectivity index (χ1) is 8.50. The standard InChI is InChI=1S/C13H19F2NOS/c1-10(2)9-16-6-3-7-18(17)11-4-5-12(14)13(15)8-11/h4-5,8,10,16H,3,6-7,9H2,1-2H3. The highest BCUT2D eigenvalue weighted by Crippen LogP contribution is 2.12. The van der Waals surface area contributed by atoms with E-state index in [2.05, 4.69) is 19.2 Å². The summed E-state index contributed by atoms with van der Waals surface area (Å²) in [5.74, 6) is -0.814. The van der Waals surface area contributed by atoms with Crippen molar-refractivity contribution in [3.63, 3.8) is 0 Å². The molecule has 0 fully saturated rings. The van der Waals surface area contributed by atoms with E-state index in [1.807, 2.05) is 0 Å². The van der Waals surface area contributed by atoms with Crippen LogP contribution in [0.4, 0.5) is 8.78 Å². The molecule has 18 heavy (non-hydrogen) atoms. The fraction of sp³-hybridized carbons (Fsp3) is 0.538. The van der Waals surface area contributed by atoms with Gasteiger partial charge in [0.15, 0.2) is 11.6 Å². The Morgan fingerprint density at radius 2 is 2.00 bits per heavy atom. The lowest BCUT2D eigenvalue weighted by Crippen LogP contribution is -2.21. The van der Waals surface area contributed by atoms with Gasteiger partial charge in [-0.15, -0.1) is 0 Å². The Hall–Kier alpha value is -0.810. The maximum absolute atomic E-state index is 12.9. The molecule has 0 aliphatic carbocycles. The summed E-state index contributed by atoms with van der Waals surface area (Å²) >= 11 is 0. The van der Waals surface area contributed by atoms with Gasteiger partial charge in [-0.25, -0.2) is 8.78 Å². The second-order valence-corrected chi connectivity index (χ2v) is 6.15. The van der Waals surface area contributed by atoms with E-state index in [0.29, 0.717) is 16.6 Å². The van der Waals surface area contributed by atoms with Crippen molar-refractivity contribution in [2.45, 2.75) is 25.2 Å². The van der Waals surface area contributed by atoms with Gasteiger partial charge in [0.2, 0.25) is 0 Å². The van der Waals surface area contributed by atoms with Gasteiger partial charge in [-0.1, -0.05) is 13.8 Å². The summed E-state index contributed by atoms with van der Waals surface area (Å²) in [7, 11) is -1.26. The minimum atomic E-state index is -1.26. The lowest BCUT2D eigenvalue weighted by Gasteiger charge is -2.07. The van der Waals surface area contributed by atoms with Crippen molar-refractivity contribution >= 4 is 10.8 Å². The van der Waals surface area contributed by atoms with Crippen LogP contribution in [0.15, 0.2) is 23.1 Å². The highest BCUT2D eigenvalue weighted by atomic mass is 32.2. The quantitative estimate of drug-likeness (QED) is 0.775. The molecule has 0 bridgehead atoms. The number of benzene rings is 1. The zero-order valence-corrected chi connectivity index (χ0v) is 11.5. The summed E-state index contributed by atoms with van der Waals surface area (Å²) in [6, 6.07) is 3.39. The highest BCUT2D eigenvalue weighted by molar-refractivity contribution is 7.85. The molecule has 2 nitrogen and oxygen atoms in total. The fourth-order valence-corrected chi connectivity index (χ4v) is 2.55. The van der Waals surface area contributed by atoms with Crippen LogP contribution in [0.2, 0.25) is 0 Å². The summed E-state index contributed by atoms with van der Waals surface area (Å²) in [6.07, 6.45) is 0.748. The summed E-state index contributed by atoms with van der Waals surface area (Å²) in [5, 5.41) is 3.24. The molecule has 0 saturated heterocycles. The van der Waals surface area contributed by atoms with Gasteiger partial charge >= 0.3 is 0 Å². The molecule has 0 aliphatic heterocycles. The maximum atomic E-state index is 12.9. The van der Waals surface area contributed by atoms with Crippen LogP contribution in [0.5, 0.6) is 0 Å². The van der Waals surface area contributed by atoms with Crippen molar-refractivity contribution in [2.75, 3.05) is 18.8 Å². The van der Waals surface area contributed by atoms with Crippen molar-refractivity contribution in [1.29, 1.82) is 0 Å². The average Bonchev–Trinajstić information content (AvgIpc) is 2.31. The number of halogens is 2. The van der Waals surface area contributed by atoms with Crippen LogP contribution < -0.4 is 5.32 Å². The monoisotopic (exact) mass is 275 g/mol. The van der Waals surface area contributed by atoms with E-state index < -0.39 is 22.4 Å². The molecule has 0 heterocycles. The SMILES string of the molecule is CC(C)CNCCCS(=O)c1ccc(F)c(F)c1. The summed E-state index contributed by atoms with van der Waals surface area (Å²) in [5.41, 5.74) is 0. The Morgan fingerprint density at radius 1 is 1.28 bits per heavy atom. The summed E-state index contributed by atoms with van der Waals surface area (Å²) < 4.78 is 37.5. The first-order valence-electron chi connectivity index (χ1n) is 6.05. The van der Waals surface area contributed by atoms with Gasteiger partial charge in [0, 0.05) is 10.6 Å². The van der Waals surface area contributed by atoms with E-state index in [0.717, 1.165) is 31.6 Å². The first kappa shape index (κ1) is 15.2. The fourth-order valence-electron chi connectivity index (χ4n) is 1.46. The molecule has 1 aromatic carbocycles. The lowest BCUT2D eigenvalue weighted by molar-refractivity contribution is 0.505. The van der Waals surface area contributed by atoms with E-state index in [1.54, 1.807) is 0 Å². The molecule has 1 rings (SSSR count). The Bertz CT molecular complexity index is 410. The molecule has 0 amide bonds. The van der Waals surface area contributed by atoms with E-state index >= 15 is 0 Å². The molecule has 0 spiro atoms. The minimum absolute atomic E-state index is 0.345. The van der Waals surface area contributed by atoms with Crippen molar-refractivity contribution in [3.8, 4) is 0 Å². The van der Waals surface area contributed by atoms with Gasteiger partial charge in [-0.3, -0.25) is 4.21 Å². The molecular weight excluding hydrogens is 256 g/mol. The predicted molar refractivity (Wildman–Crippen MR) is 70.0 cm³/mol. The molecule has 102 valence electrons. The van der Waals surface area contributed by atoms with Crippen LogP contribution in [0.1, 0.15) is 20.3 Å². The molecule has 5 heteroatoms. The smallest absolute Gasteiger partial charge is 0.160 e. The average molecular weight is 275 g/mol. The van der Waals surface area contributed by atoms with E-state index in [9.17, 15) is 13.0 Å². The Balaban J connectivity index is 2.34. The molecule has 1 aromatic rings. The Kier molecular flexibility index (Phi) is 6.43. The Morgan fingerprint density at radius 3 is 2.61 bits per heavy atom. The number of nitrogens with one attached hydrogen (secondary N) is 1. The second-order valence-electron chi connectivity index (χ2n) is 4.58.